The van der Waals surface area contributed by atoms with Gasteiger partial charge in [0.2, 0.25) is 0 Å². The molecule has 0 aromatic rings. The van der Waals surface area contributed by atoms with E-state index in [4.69, 9.17) is 10.5 Å². The summed E-state index contributed by atoms with van der Waals surface area (Å²) in [6.07, 6.45) is 0. The number of hydrogen-bond acceptors (Lipinski definition) is 1. The Morgan fingerprint density at radius 2 is 0.364 bits per heavy atom. The molecule has 0 saturated carbocycles. The quantitative estimate of drug-likeness (QED) is 0.484. The molecule has 0 saturated heterocycles. The van der Waals surface area contributed by atoms with Crippen molar-refractivity contribution in [3.8, 4) is 0 Å². The van der Waals surface area contributed by atoms with E-state index in [0.29, 0.717) is 0 Å². The smallest absolute Gasteiger partial charge is 0 e. The Hall–Kier alpha value is 4.86. The summed E-state index contributed by atoms with van der Waals surface area (Å²) in [6.45, 7) is 0. The molecule has 0 unspecified atom stereocenters. The third kappa shape index (κ3) is 104. The van der Waals surface area contributed by atoms with Gasteiger partial charge in [-0.25, -0.2) is 0 Å². The van der Waals surface area contributed by atoms with Crippen molar-refractivity contribution in [2.45, 2.75) is 0 Å². The monoisotopic (exact) mass is 488 g/mol. The summed E-state index contributed by atoms with van der Waals surface area (Å²) in [5.41, 5.74) is 5.75. The number of hydrogen-bond donors (Lipinski definition) is 0. The molecular weight excluding hydrogens is 489 g/mol. The van der Waals surface area contributed by atoms with Gasteiger partial charge in [-0.3, -0.25) is 0 Å². The fourth-order valence-corrected chi connectivity index (χ4v) is 0. The summed E-state index contributed by atoms with van der Waals surface area (Å²) in [5, 5.41) is 0. The Balaban J connectivity index is -0.000000000139. The van der Waals surface area contributed by atoms with E-state index in [1.807, 2.05) is 0 Å². The van der Waals surface area contributed by atoms with Crippen molar-refractivity contribution in [1.29, 1.82) is 0 Å². The van der Waals surface area contributed by atoms with Gasteiger partial charge in [-0.2, -0.15) is 0 Å². The number of nitroso groups, excluding NO2 is 1. The third-order valence-corrected chi connectivity index (χ3v) is 0. The molecule has 0 atom stereocenters. The summed E-state index contributed by atoms with van der Waals surface area (Å²) >= 11 is 0. The van der Waals surface area contributed by atoms with Gasteiger partial charge >= 0.3 is 0 Å². The van der Waals surface area contributed by atoms with E-state index in [1.165, 1.54) is 0 Å². The summed E-state index contributed by atoms with van der Waals surface area (Å²) in [5.74, 6) is 0. The van der Waals surface area contributed by atoms with Crippen LogP contribution in [0.25, 0.3) is 5.59 Å². The SMILES string of the molecule is [N-]=O.[V].[V].[V].[V].[V].[V].[V].[V].[V]. The van der Waals surface area contributed by atoms with E-state index in [1.54, 1.807) is 0 Å². The van der Waals surface area contributed by atoms with Gasteiger partial charge in [0.05, 0.1) is 0 Å². The molecule has 0 aliphatic heterocycles. The zero-order chi connectivity index (χ0) is 2.00. The van der Waals surface area contributed by atoms with Crippen LogP contribution in [0.2, 0.25) is 0 Å². The van der Waals surface area contributed by atoms with Crippen LogP contribution in [-0.4, -0.2) is 0 Å². The van der Waals surface area contributed by atoms with Crippen LogP contribution in [0.1, 0.15) is 0 Å². The molecule has 9 radical (unpaired) electrons. The second-order valence-electron chi connectivity index (χ2n) is 0. The molecule has 0 aromatic heterocycles. The van der Waals surface area contributed by atoms with Crippen LogP contribution < -0.4 is 0 Å². The maximum Gasteiger partial charge on any atom is 0 e. The van der Waals surface area contributed by atoms with Crippen molar-refractivity contribution in [1.82, 2.24) is 0 Å². The average Bonchev–Trinajstić information content (AvgIpc) is 1.00. The van der Waals surface area contributed by atoms with E-state index in [-0.39, 0.29) is 167 Å². The Kier molecular flexibility index (Phi) is 1120. The van der Waals surface area contributed by atoms with E-state index in [0.717, 1.165) is 0 Å². The molecule has 0 spiro atoms. The van der Waals surface area contributed by atoms with Crippen LogP contribution in [0.15, 0.2) is 0 Å². The van der Waals surface area contributed by atoms with Crippen LogP contribution in [0, 0.1) is 4.91 Å². The minimum atomic E-state index is 0. The molecule has 0 rings (SSSR count). The van der Waals surface area contributed by atoms with E-state index in [2.05, 4.69) is 0 Å². The van der Waals surface area contributed by atoms with Crippen molar-refractivity contribution < 1.29 is 167 Å². The molecule has 0 aliphatic carbocycles. The van der Waals surface area contributed by atoms with Gasteiger partial charge in [0, 0.05) is 167 Å². The van der Waals surface area contributed by atoms with Gasteiger partial charge in [-0.15, -0.1) is 0 Å². The third-order valence-electron chi connectivity index (χ3n) is 0. The van der Waals surface area contributed by atoms with E-state index in [9.17, 15) is 0 Å². The van der Waals surface area contributed by atoms with Crippen LogP contribution in [0.4, 0.5) is 0 Å². The normalized spacial score (nSPS) is 0.364. The Morgan fingerprint density at radius 1 is 0.364 bits per heavy atom. The predicted molar refractivity (Wildman–Crippen MR) is 6.73 cm³/mol. The molecular formula is NOV9-. The van der Waals surface area contributed by atoms with Crippen LogP contribution >= 0.6 is 0 Å². The molecule has 0 bridgehead atoms. The molecule has 0 heterocycles. The van der Waals surface area contributed by atoms with Crippen LogP contribution in [-0.2, 0) is 167 Å². The Labute approximate surface area is 174 Å². The second kappa shape index (κ2) is 121. The molecule has 0 aromatic carbocycles. The maximum atomic E-state index is 7.25. The Morgan fingerprint density at radius 3 is 0.364 bits per heavy atom. The van der Waals surface area contributed by atoms with Gasteiger partial charge in [-0.05, 0) is 0 Å². The van der Waals surface area contributed by atoms with Crippen LogP contribution in [0.3, 0.4) is 0 Å². The Bertz CT molecular complexity index is 9.52. The summed E-state index contributed by atoms with van der Waals surface area (Å²) < 4.78 is 0. The summed E-state index contributed by atoms with van der Waals surface area (Å²) in [7, 11) is 0. The fraction of sp³-hybridized carbons (Fsp3) is 0. The molecule has 57 valence electrons. The summed E-state index contributed by atoms with van der Waals surface area (Å²) in [4.78, 5) is 7.25. The minimum absolute atomic E-state index is 0. The van der Waals surface area contributed by atoms with Crippen molar-refractivity contribution in [2.75, 3.05) is 0 Å². The molecule has 11 heavy (non-hydrogen) atoms. The van der Waals surface area contributed by atoms with Gasteiger partial charge in [0.15, 0.2) is 0 Å². The maximum absolute atomic E-state index is 7.25. The molecule has 2 nitrogen and oxygen atoms in total. The van der Waals surface area contributed by atoms with Gasteiger partial charge in [0.1, 0.15) is 0 Å². The van der Waals surface area contributed by atoms with Crippen molar-refractivity contribution >= 4 is 0 Å². The van der Waals surface area contributed by atoms with Crippen molar-refractivity contribution in [2.24, 2.45) is 0 Å². The molecule has 11 heteroatoms. The van der Waals surface area contributed by atoms with Gasteiger partial charge < -0.3 is 10.5 Å². The first-order valence-electron chi connectivity index (χ1n) is 0.183. The zero-order valence-corrected chi connectivity index (χ0v) is 17.5. The van der Waals surface area contributed by atoms with Gasteiger partial charge in [0.25, 0.3) is 0 Å². The van der Waals surface area contributed by atoms with Crippen molar-refractivity contribution in [3.63, 3.8) is 0 Å². The standard InChI is InChI=1S/NO.9V/c1-2;;;;;;;;;/q-1;;;;;;;;;. The molecule has 0 amide bonds. The second-order valence-corrected chi connectivity index (χ2v) is 0. The van der Waals surface area contributed by atoms with E-state index < -0.39 is 0 Å². The van der Waals surface area contributed by atoms with Gasteiger partial charge in [-0.1, -0.05) is 0 Å². The molecule has 0 aliphatic rings. The fourth-order valence-electron chi connectivity index (χ4n) is 0. The first kappa shape index (κ1) is 102. The molecule has 0 fully saturated rings. The summed E-state index contributed by atoms with van der Waals surface area (Å²) in [6, 6.07) is 0. The largest absolute Gasteiger partial charge is 0.577 e. The van der Waals surface area contributed by atoms with E-state index >= 15 is 0 Å². The van der Waals surface area contributed by atoms with Crippen molar-refractivity contribution in [3.05, 3.63) is 10.5 Å². The first-order valence-corrected chi connectivity index (χ1v) is 0.183. The topological polar surface area (TPSA) is 39.4 Å². The average molecular weight is 489 g/mol. The molecule has 0 N–H and O–H groups in total. The minimum Gasteiger partial charge on any atom is -0.577 e. The zero-order valence-electron chi connectivity index (χ0n) is 4.88. The predicted octanol–water partition coefficient (Wildman–Crippen LogP) is 0.300. The first-order chi connectivity index (χ1) is 1.00. The number of rotatable bonds is 0. The van der Waals surface area contributed by atoms with Crippen LogP contribution in [0.5, 0.6) is 0 Å². The number of nitrogens with zero attached hydrogens (tertiary/aromatic N) is 1.